The van der Waals surface area contributed by atoms with Gasteiger partial charge in [0.2, 0.25) is 0 Å². The molecule has 78 valence electrons. The number of phenolic OH excluding ortho intramolecular Hbond substituents is 1. The van der Waals surface area contributed by atoms with Crippen molar-refractivity contribution in [2.24, 2.45) is 0 Å². The Hall–Kier alpha value is -1.97. The highest BCUT2D eigenvalue weighted by atomic mass is 16.5. The molecule has 0 spiro atoms. The first-order valence-electron chi connectivity index (χ1n) is 4.46. The van der Waals surface area contributed by atoms with Gasteiger partial charge in [0.15, 0.2) is 0 Å². The molecule has 0 unspecified atom stereocenters. The van der Waals surface area contributed by atoms with Crippen LogP contribution < -0.4 is 4.74 Å². The number of phenols is 1. The second-order valence-electron chi connectivity index (χ2n) is 3.03. The first-order chi connectivity index (χ1) is 7.26. The van der Waals surface area contributed by atoms with Gasteiger partial charge < -0.3 is 19.1 Å². The maximum Gasteiger partial charge on any atom is 0.149 e. The minimum atomic E-state index is 0.314. The second kappa shape index (κ2) is 3.31. The van der Waals surface area contributed by atoms with E-state index in [1.807, 2.05) is 6.07 Å². The molecule has 1 aromatic rings. The third-order valence-electron chi connectivity index (χ3n) is 2.23. The standard InChI is InChI=1S/C9H6O3.C2H4O/c1-11-8-4-2-3-12-9(4)6-5(8)7(6)10;1-2-3/h2-3,10H,1H3;2H,1H3. The van der Waals surface area contributed by atoms with Crippen LogP contribution >= 0.6 is 0 Å². The summed E-state index contributed by atoms with van der Waals surface area (Å²) < 4.78 is 10.3. The van der Waals surface area contributed by atoms with Crippen molar-refractivity contribution in [3.05, 3.63) is 12.3 Å². The maximum atomic E-state index is 9.29. The summed E-state index contributed by atoms with van der Waals surface area (Å²) in [6, 6.07) is 1.84. The highest BCUT2D eigenvalue weighted by molar-refractivity contribution is 6.18. The van der Waals surface area contributed by atoms with Crippen molar-refractivity contribution in [3.8, 4) is 22.6 Å². The number of carbonyl (C=O) groups excluding carboxylic acids is 1. The lowest BCUT2D eigenvalue weighted by molar-refractivity contribution is -0.106. The van der Waals surface area contributed by atoms with Crippen molar-refractivity contribution in [2.45, 2.75) is 6.92 Å². The number of fused-ring (bicyclic) bond motifs is 3. The summed E-state index contributed by atoms with van der Waals surface area (Å²) in [4.78, 5) is 8.81. The molecule has 0 radical (unpaired) electrons. The monoisotopic (exact) mass is 206 g/mol. The summed E-state index contributed by atoms with van der Waals surface area (Å²) in [7, 11) is 1.59. The van der Waals surface area contributed by atoms with E-state index in [-0.39, 0.29) is 0 Å². The molecule has 2 aliphatic rings. The fourth-order valence-corrected chi connectivity index (χ4v) is 1.65. The summed E-state index contributed by atoms with van der Waals surface area (Å²) >= 11 is 0. The molecule has 0 fully saturated rings. The van der Waals surface area contributed by atoms with E-state index in [9.17, 15) is 5.11 Å². The van der Waals surface area contributed by atoms with Gasteiger partial charge in [-0.1, -0.05) is 0 Å². The maximum absolute atomic E-state index is 9.29. The number of ether oxygens (including phenoxy) is 1. The summed E-state index contributed by atoms with van der Waals surface area (Å²) in [5.74, 6) is 1.04. The molecule has 0 aliphatic heterocycles. The number of furan rings is 1. The molecule has 0 saturated carbocycles. The van der Waals surface area contributed by atoms with Crippen LogP contribution in [0.2, 0.25) is 0 Å². The van der Waals surface area contributed by atoms with Gasteiger partial charge in [-0.25, -0.2) is 0 Å². The third kappa shape index (κ3) is 1.18. The summed E-state index contributed by atoms with van der Waals surface area (Å²) in [6.07, 6.45) is 2.35. The average molecular weight is 206 g/mol. The second-order valence-corrected chi connectivity index (χ2v) is 3.03. The molecule has 1 heterocycles. The third-order valence-corrected chi connectivity index (χ3v) is 2.23. The van der Waals surface area contributed by atoms with Crippen molar-refractivity contribution < 1.29 is 19.1 Å². The van der Waals surface area contributed by atoms with Crippen LogP contribution in [0.25, 0.3) is 22.1 Å². The number of carbonyl (C=O) groups is 1. The zero-order chi connectivity index (χ0) is 11.0. The van der Waals surface area contributed by atoms with E-state index in [1.165, 1.54) is 6.92 Å². The molecule has 0 aromatic carbocycles. The fourth-order valence-electron chi connectivity index (χ4n) is 1.65. The van der Waals surface area contributed by atoms with Crippen molar-refractivity contribution in [3.63, 3.8) is 0 Å². The number of rotatable bonds is 1. The van der Waals surface area contributed by atoms with Crippen LogP contribution in [0.3, 0.4) is 0 Å². The first kappa shape index (κ1) is 9.58. The molecule has 0 amide bonds. The summed E-state index contributed by atoms with van der Waals surface area (Å²) in [6.45, 7) is 1.44. The molecule has 0 saturated heterocycles. The van der Waals surface area contributed by atoms with E-state index in [0.29, 0.717) is 5.75 Å². The average Bonchev–Trinajstić information content (AvgIpc) is 2.65. The Bertz CT molecular complexity index is 525. The van der Waals surface area contributed by atoms with E-state index in [0.717, 1.165) is 34.1 Å². The molecule has 4 heteroatoms. The van der Waals surface area contributed by atoms with Gasteiger partial charge in [-0.3, -0.25) is 0 Å². The Balaban J connectivity index is 0.000000258. The fraction of sp³-hybridized carbons (Fsp3) is 0.182. The van der Waals surface area contributed by atoms with Crippen LogP contribution in [-0.2, 0) is 4.79 Å². The molecular weight excluding hydrogens is 196 g/mol. The molecule has 0 bridgehead atoms. The van der Waals surface area contributed by atoms with E-state index in [4.69, 9.17) is 13.9 Å². The summed E-state index contributed by atoms with van der Waals surface area (Å²) in [5.41, 5.74) is 2.36. The van der Waals surface area contributed by atoms with Crippen LogP contribution in [0.4, 0.5) is 0 Å². The van der Waals surface area contributed by atoms with Crippen LogP contribution in [0.1, 0.15) is 6.92 Å². The Morgan fingerprint density at radius 1 is 1.47 bits per heavy atom. The van der Waals surface area contributed by atoms with Gasteiger partial charge in [-0.2, -0.15) is 0 Å². The van der Waals surface area contributed by atoms with Crippen LogP contribution in [0.5, 0.6) is 11.5 Å². The number of methoxy groups -OCH3 is 1. The van der Waals surface area contributed by atoms with Crippen LogP contribution in [-0.4, -0.2) is 18.5 Å². The Morgan fingerprint density at radius 2 is 2.13 bits per heavy atom. The molecular formula is C11H10O4. The van der Waals surface area contributed by atoms with E-state index in [2.05, 4.69) is 0 Å². The topological polar surface area (TPSA) is 59.7 Å². The number of aromatic hydroxyl groups is 1. The Morgan fingerprint density at radius 3 is 2.73 bits per heavy atom. The quantitative estimate of drug-likeness (QED) is 0.621. The molecule has 3 rings (SSSR count). The first-order valence-corrected chi connectivity index (χ1v) is 4.46. The van der Waals surface area contributed by atoms with Gasteiger partial charge >= 0.3 is 0 Å². The lowest BCUT2D eigenvalue weighted by Gasteiger charge is -1.92. The van der Waals surface area contributed by atoms with E-state index < -0.39 is 0 Å². The predicted molar refractivity (Wildman–Crippen MR) is 55.2 cm³/mol. The van der Waals surface area contributed by atoms with Crippen molar-refractivity contribution in [1.82, 2.24) is 0 Å². The lowest BCUT2D eigenvalue weighted by atomic mass is 10.3. The molecule has 1 aromatic heterocycles. The largest absolute Gasteiger partial charge is 0.506 e. The number of hydrogen-bond acceptors (Lipinski definition) is 4. The Kier molecular flexibility index (Phi) is 2.11. The van der Waals surface area contributed by atoms with Gasteiger partial charge in [0.05, 0.1) is 29.9 Å². The highest BCUT2D eigenvalue weighted by Crippen LogP contribution is 2.62. The van der Waals surface area contributed by atoms with Crippen molar-refractivity contribution in [1.29, 1.82) is 0 Å². The van der Waals surface area contributed by atoms with Gasteiger partial charge in [-0.15, -0.1) is 0 Å². The molecule has 2 aliphatic carbocycles. The highest BCUT2D eigenvalue weighted by Gasteiger charge is 2.37. The zero-order valence-corrected chi connectivity index (χ0v) is 8.40. The molecule has 4 nitrogen and oxygen atoms in total. The lowest BCUT2D eigenvalue weighted by Crippen LogP contribution is -1.77. The van der Waals surface area contributed by atoms with Gasteiger partial charge in [0.25, 0.3) is 0 Å². The van der Waals surface area contributed by atoms with Crippen LogP contribution in [0.15, 0.2) is 16.7 Å². The SMILES string of the molecule is CC=O.COc1c2c(O)c-2c2occc12. The van der Waals surface area contributed by atoms with Gasteiger partial charge in [-0.05, 0) is 13.0 Å². The van der Waals surface area contributed by atoms with Crippen LogP contribution in [0, 0.1) is 0 Å². The minimum absolute atomic E-state index is 0.314. The number of aldehydes is 1. The smallest absolute Gasteiger partial charge is 0.149 e. The number of benzene rings is 1. The normalized spacial score (nSPS) is 10.5. The minimum Gasteiger partial charge on any atom is -0.506 e. The van der Waals surface area contributed by atoms with Gasteiger partial charge in [0.1, 0.15) is 23.4 Å². The summed E-state index contributed by atoms with van der Waals surface area (Å²) in [5, 5.41) is 10.2. The Labute approximate surface area is 86.1 Å². The molecule has 15 heavy (non-hydrogen) atoms. The molecule has 1 N–H and O–H groups in total. The van der Waals surface area contributed by atoms with E-state index >= 15 is 0 Å². The number of hydrogen-bond donors (Lipinski definition) is 1. The predicted octanol–water partition coefficient (Wildman–Crippen LogP) is 2.33. The zero-order valence-electron chi connectivity index (χ0n) is 8.40. The van der Waals surface area contributed by atoms with Crippen molar-refractivity contribution >= 4 is 17.3 Å². The van der Waals surface area contributed by atoms with Crippen molar-refractivity contribution in [2.75, 3.05) is 7.11 Å². The van der Waals surface area contributed by atoms with Gasteiger partial charge in [0, 0.05) is 0 Å². The molecule has 0 atom stereocenters. The van der Waals surface area contributed by atoms with E-state index in [1.54, 1.807) is 13.4 Å².